The van der Waals surface area contributed by atoms with Gasteiger partial charge in [0.25, 0.3) is 0 Å². The molecule has 156 valence electrons. The van der Waals surface area contributed by atoms with E-state index < -0.39 is 24.5 Å². The van der Waals surface area contributed by atoms with Crippen molar-refractivity contribution in [3.63, 3.8) is 0 Å². The van der Waals surface area contributed by atoms with E-state index in [0.717, 1.165) is 25.7 Å². The normalized spacial score (nSPS) is 23.7. The summed E-state index contributed by atoms with van der Waals surface area (Å²) in [4.78, 5) is 23.4. The van der Waals surface area contributed by atoms with E-state index in [4.69, 9.17) is 10.5 Å². The zero-order valence-corrected chi connectivity index (χ0v) is 16.3. The summed E-state index contributed by atoms with van der Waals surface area (Å²) in [6, 6.07) is 0. The molecule has 10 heteroatoms. The molecule has 1 saturated heterocycles. The molecule has 0 aliphatic carbocycles. The molecule has 3 rings (SSSR count). The summed E-state index contributed by atoms with van der Waals surface area (Å²) in [5.74, 6) is 6.83. The molecule has 3 heterocycles. The summed E-state index contributed by atoms with van der Waals surface area (Å²) >= 11 is 0. The van der Waals surface area contributed by atoms with Crippen LogP contribution in [0.2, 0.25) is 0 Å². The second-order valence-electron chi connectivity index (χ2n) is 6.91. The highest BCUT2D eigenvalue weighted by atomic mass is 16.6. The third-order valence-electron chi connectivity index (χ3n) is 4.79. The van der Waals surface area contributed by atoms with E-state index in [1.165, 1.54) is 10.9 Å². The highest BCUT2D eigenvalue weighted by Gasteiger charge is 2.44. The number of amides is 1. The van der Waals surface area contributed by atoms with Crippen LogP contribution in [0.3, 0.4) is 0 Å². The molecule has 2 aromatic rings. The molecule has 1 aliphatic rings. The zero-order chi connectivity index (χ0) is 20.8. The number of hydrogen-bond acceptors (Lipinski definition) is 8. The van der Waals surface area contributed by atoms with E-state index in [1.807, 2.05) is 0 Å². The van der Waals surface area contributed by atoms with Gasteiger partial charge in [0, 0.05) is 13.0 Å². The van der Waals surface area contributed by atoms with Crippen molar-refractivity contribution < 1.29 is 19.7 Å². The average molecular weight is 402 g/mol. The van der Waals surface area contributed by atoms with Crippen LogP contribution in [0.25, 0.3) is 11.2 Å². The quantitative estimate of drug-likeness (QED) is 0.272. The third kappa shape index (κ3) is 4.64. The number of carbonyl (C=O) groups is 1. The van der Waals surface area contributed by atoms with E-state index in [1.54, 1.807) is 0 Å². The lowest BCUT2D eigenvalue weighted by Gasteiger charge is -2.16. The Morgan fingerprint density at radius 2 is 2.14 bits per heavy atom. The third-order valence-corrected chi connectivity index (χ3v) is 4.79. The zero-order valence-electron chi connectivity index (χ0n) is 16.3. The first kappa shape index (κ1) is 21.0. The molecule has 0 radical (unpaired) electrons. The monoisotopic (exact) mass is 402 g/mol. The lowest BCUT2D eigenvalue weighted by Crippen LogP contribution is -2.37. The van der Waals surface area contributed by atoms with Gasteiger partial charge in [-0.25, -0.2) is 15.0 Å². The summed E-state index contributed by atoms with van der Waals surface area (Å²) in [7, 11) is 0. The largest absolute Gasteiger partial charge is 0.387 e. The molecule has 4 atom stereocenters. The standard InChI is InChI=1S/C19H26N6O4/c1-2-3-4-5-6-7-8-13-23-17(20)14-18(24-13)25(10-22-14)19-16(28)15(27)12(29-19)9-21-11-26/h10-12,15-16,19,27-28H,2-5,8-9H2,1H3,(H,21,26)(H2,20,23,24)/t12-,15-,16-,19-/m1/s1. The van der Waals surface area contributed by atoms with Crippen LogP contribution in [-0.2, 0) is 16.0 Å². The minimum absolute atomic E-state index is 0.0703. The highest BCUT2D eigenvalue weighted by Crippen LogP contribution is 2.31. The van der Waals surface area contributed by atoms with Gasteiger partial charge in [-0.15, -0.1) is 5.92 Å². The van der Waals surface area contributed by atoms with Crippen molar-refractivity contribution in [1.82, 2.24) is 24.8 Å². The smallest absolute Gasteiger partial charge is 0.207 e. The minimum atomic E-state index is -1.22. The predicted octanol–water partition coefficient (Wildman–Crippen LogP) is -0.100. The molecule has 2 aromatic heterocycles. The van der Waals surface area contributed by atoms with Crippen LogP contribution in [0.4, 0.5) is 5.82 Å². The van der Waals surface area contributed by atoms with Gasteiger partial charge in [0.2, 0.25) is 6.41 Å². The van der Waals surface area contributed by atoms with E-state index in [0.29, 0.717) is 29.8 Å². The van der Waals surface area contributed by atoms with E-state index in [9.17, 15) is 15.0 Å². The molecule has 0 saturated carbocycles. The number of fused-ring (bicyclic) bond motifs is 1. The lowest BCUT2D eigenvalue weighted by molar-refractivity contribution is -0.110. The number of aliphatic hydroxyl groups is 2. The number of hydrogen-bond donors (Lipinski definition) is 4. The number of ether oxygens (including phenoxy) is 1. The summed E-state index contributed by atoms with van der Waals surface area (Å²) in [5, 5.41) is 23.0. The Morgan fingerprint density at radius 3 is 2.90 bits per heavy atom. The molecule has 1 aliphatic heterocycles. The molecule has 10 nitrogen and oxygen atoms in total. The van der Waals surface area contributed by atoms with Crippen molar-refractivity contribution in [3.8, 4) is 11.8 Å². The average Bonchev–Trinajstić information content (AvgIpc) is 3.25. The van der Waals surface area contributed by atoms with Crippen LogP contribution < -0.4 is 11.1 Å². The van der Waals surface area contributed by atoms with Gasteiger partial charge < -0.3 is 26.0 Å². The van der Waals surface area contributed by atoms with Gasteiger partial charge in [0.15, 0.2) is 17.7 Å². The number of nitrogens with two attached hydrogens (primary N) is 1. The van der Waals surface area contributed by atoms with Crippen LogP contribution in [0, 0.1) is 11.8 Å². The van der Waals surface area contributed by atoms with Crippen LogP contribution in [0.1, 0.15) is 44.7 Å². The molecule has 0 bridgehead atoms. The number of anilines is 1. The fraction of sp³-hybridized carbons (Fsp3) is 0.579. The Labute approximate surface area is 168 Å². The molecule has 0 spiro atoms. The fourth-order valence-electron chi connectivity index (χ4n) is 3.24. The number of nitrogens with zero attached hydrogens (tertiary/aromatic N) is 4. The van der Waals surface area contributed by atoms with Crippen molar-refractivity contribution >= 4 is 23.4 Å². The first-order valence-electron chi connectivity index (χ1n) is 9.70. The first-order valence-corrected chi connectivity index (χ1v) is 9.70. The first-order chi connectivity index (χ1) is 14.1. The number of nitrogens with one attached hydrogen (secondary N) is 1. The summed E-state index contributed by atoms with van der Waals surface area (Å²) in [6.45, 7) is 2.22. The van der Waals surface area contributed by atoms with Gasteiger partial charge in [-0.05, 0) is 6.42 Å². The second-order valence-corrected chi connectivity index (χ2v) is 6.91. The Hall–Kier alpha value is -2.74. The van der Waals surface area contributed by atoms with Crippen molar-refractivity contribution in [2.45, 2.75) is 63.6 Å². The van der Waals surface area contributed by atoms with Crippen LogP contribution >= 0.6 is 0 Å². The molecular weight excluding hydrogens is 376 g/mol. The molecular formula is C19H26N6O4. The van der Waals surface area contributed by atoms with Crippen molar-refractivity contribution in [2.75, 3.05) is 12.3 Å². The lowest BCUT2D eigenvalue weighted by atomic mass is 10.1. The number of aliphatic hydroxyl groups excluding tert-OH is 2. The molecule has 0 unspecified atom stereocenters. The van der Waals surface area contributed by atoms with Crippen LogP contribution in [0.15, 0.2) is 6.33 Å². The van der Waals surface area contributed by atoms with Gasteiger partial charge in [-0.3, -0.25) is 9.36 Å². The highest BCUT2D eigenvalue weighted by molar-refractivity contribution is 5.81. The number of imidazole rings is 1. The maximum Gasteiger partial charge on any atom is 0.207 e. The molecule has 5 N–H and O–H groups in total. The fourth-order valence-corrected chi connectivity index (χ4v) is 3.24. The molecule has 29 heavy (non-hydrogen) atoms. The van der Waals surface area contributed by atoms with E-state index in [2.05, 4.69) is 39.0 Å². The number of rotatable bonds is 8. The molecule has 1 amide bonds. The number of nitrogen functional groups attached to an aromatic ring is 1. The summed E-state index contributed by atoms with van der Waals surface area (Å²) < 4.78 is 7.24. The molecule has 1 fully saturated rings. The Bertz CT molecular complexity index is 905. The number of unbranched alkanes of at least 4 members (excludes halogenated alkanes) is 3. The van der Waals surface area contributed by atoms with Gasteiger partial charge >= 0.3 is 0 Å². The Balaban J connectivity index is 1.80. The summed E-state index contributed by atoms with van der Waals surface area (Å²) in [5.41, 5.74) is 6.79. The SMILES string of the molecule is CCCCCC#CCc1nc(N)c2ncn([C@@H]3O[C@H](CNC=O)[C@@H](O)[C@H]3O)c2n1. The summed E-state index contributed by atoms with van der Waals surface area (Å²) in [6.07, 6.45) is 2.43. The van der Waals surface area contributed by atoms with Gasteiger partial charge in [0.05, 0.1) is 12.7 Å². The maximum absolute atomic E-state index is 10.5. The van der Waals surface area contributed by atoms with Gasteiger partial charge in [-0.2, -0.15) is 0 Å². The predicted molar refractivity (Wildman–Crippen MR) is 105 cm³/mol. The Morgan fingerprint density at radius 1 is 1.31 bits per heavy atom. The van der Waals surface area contributed by atoms with E-state index >= 15 is 0 Å². The number of carbonyl (C=O) groups excluding carboxylic acids is 1. The second kappa shape index (κ2) is 9.65. The maximum atomic E-state index is 10.5. The van der Waals surface area contributed by atoms with Gasteiger partial charge in [0.1, 0.15) is 29.7 Å². The van der Waals surface area contributed by atoms with Crippen LogP contribution in [-0.4, -0.2) is 61.0 Å². The van der Waals surface area contributed by atoms with Crippen molar-refractivity contribution in [2.24, 2.45) is 0 Å². The van der Waals surface area contributed by atoms with Gasteiger partial charge in [-0.1, -0.05) is 25.7 Å². The number of aromatic nitrogens is 4. The molecule has 0 aromatic carbocycles. The van der Waals surface area contributed by atoms with Crippen molar-refractivity contribution in [1.29, 1.82) is 0 Å². The Kier molecular flexibility index (Phi) is 6.98. The van der Waals surface area contributed by atoms with Crippen molar-refractivity contribution in [3.05, 3.63) is 12.2 Å². The minimum Gasteiger partial charge on any atom is -0.387 e. The van der Waals surface area contributed by atoms with Crippen LogP contribution in [0.5, 0.6) is 0 Å². The van der Waals surface area contributed by atoms with E-state index in [-0.39, 0.29) is 12.4 Å². The topological polar surface area (TPSA) is 148 Å².